The van der Waals surface area contributed by atoms with Gasteiger partial charge in [-0.25, -0.2) is 4.98 Å². The van der Waals surface area contributed by atoms with Gasteiger partial charge < -0.3 is 5.32 Å². The lowest BCUT2D eigenvalue weighted by molar-refractivity contribution is 0.452. The van der Waals surface area contributed by atoms with Crippen molar-refractivity contribution in [1.82, 2.24) is 10.3 Å². The molecule has 2 heterocycles. The van der Waals surface area contributed by atoms with E-state index in [9.17, 15) is 0 Å². The molecule has 3 rings (SSSR count). The summed E-state index contributed by atoms with van der Waals surface area (Å²) in [5.74, 6) is 1.20. The maximum Gasteiger partial charge on any atom is 0.157 e. The number of hydrogen-bond donors (Lipinski definition) is 1. The Balaban J connectivity index is 1.62. The van der Waals surface area contributed by atoms with E-state index in [-0.39, 0.29) is 0 Å². The number of thioether (sulfide) groups is 1. The Morgan fingerprint density at radius 1 is 1.47 bits per heavy atom. The topological polar surface area (TPSA) is 37.3 Å². The smallest absolute Gasteiger partial charge is 0.157 e. The lowest BCUT2D eigenvalue weighted by atomic mass is 10.0. The molecule has 1 aromatic heterocycles. The van der Waals surface area contributed by atoms with E-state index in [4.69, 9.17) is 0 Å². The number of nitrogens with zero attached hydrogens (tertiary/aromatic N) is 2. The average Bonchev–Trinajstić information content (AvgIpc) is 3.01. The summed E-state index contributed by atoms with van der Waals surface area (Å²) in [7, 11) is 0. The standard InChI is InChI=1S/C12H17N3S2/c1-9-14-10(7-16-9)6-13-11-15-12(8-17-11)4-2-3-5-12/h7H,2-6,8H2,1H3,(H,13,15). The molecular formula is C12H17N3S2. The molecule has 3 nitrogen and oxygen atoms in total. The minimum absolute atomic E-state index is 0.376. The third kappa shape index (κ3) is 2.50. The highest BCUT2D eigenvalue weighted by molar-refractivity contribution is 8.14. The second kappa shape index (κ2) is 4.61. The first-order valence-electron chi connectivity index (χ1n) is 6.12. The summed E-state index contributed by atoms with van der Waals surface area (Å²) in [6.45, 7) is 2.76. The Labute approximate surface area is 110 Å². The maximum absolute atomic E-state index is 4.64. The number of nitrogens with one attached hydrogen (secondary N) is 1. The molecule has 17 heavy (non-hydrogen) atoms. The summed E-state index contributed by atoms with van der Waals surface area (Å²) in [5.41, 5.74) is 1.47. The Kier molecular flexibility index (Phi) is 3.13. The van der Waals surface area contributed by atoms with Crippen LogP contribution in [0.4, 0.5) is 0 Å². The van der Waals surface area contributed by atoms with E-state index < -0.39 is 0 Å². The second-order valence-corrected chi connectivity index (χ2v) is 6.91. The molecule has 1 aliphatic heterocycles. The summed E-state index contributed by atoms with van der Waals surface area (Å²) >= 11 is 3.58. The number of thiazole rings is 1. The fourth-order valence-electron chi connectivity index (χ4n) is 2.55. The van der Waals surface area contributed by atoms with Crippen LogP contribution in [0.1, 0.15) is 36.4 Å². The zero-order chi connectivity index (χ0) is 11.7. The first kappa shape index (κ1) is 11.5. The predicted molar refractivity (Wildman–Crippen MR) is 74.8 cm³/mol. The number of hydrogen-bond acceptors (Lipinski definition) is 4. The maximum atomic E-state index is 4.64. The van der Waals surface area contributed by atoms with Crippen molar-refractivity contribution in [2.45, 2.75) is 44.7 Å². The third-order valence-corrected chi connectivity index (χ3v) is 5.49. The number of aromatic nitrogens is 1. The SMILES string of the molecule is Cc1nc(CN=C2NC3(CCCC3)CS2)cs1. The number of aliphatic imine (C=N–C) groups is 1. The fourth-order valence-corrected chi connectivity index (χ4v) is 4.37. The van der Waals surface area contributed by atoms with Crippen molar-refractivity contribution in [3.63, 3.8) is 0 Å². The van der Waals surface area contributed by atoms with Gasteiger partial charge in [-0.1, -0.05) is 24.6 Å². The van der Waals surface area contributed by atoms with Gasteiger partial charge in [-0.3, -0.25) is 4.99 Å². The molecule has 1 aromatic rings. The molecule has 92 valence electrons. The van der Waals surface area contributed by atoms with Gasteiger partial charge in [-0.2, -0.15) is 0 Å². The van der Waals surface area contributed by atoms with Gasteiger partial charge in [0.15, 0.2) is 5.17 Å². The molecule has 1 saturated heterocycles. The summed E-state index contributed by atoms with van der Waals surface area (Å²) in [4.78, 5) is 9.07. The zero-order valence-corrected chi connectivity index (χ0v) is 11.7. The van der Waals surface area contributed by atoms with Crippen LogP contribution in [0.25, 0.3) is 0 Å². The van der Waals surface area contributed by atoms with Gasteiger partial charge in [0.05, 0.1) is 17.2 Å². The molecule has 0 bridgehead atoms. The average molecular weight is 267 g/mol. The predicted octanol–water partition coefficient (Wildman–Crippen LogP) is 2.96. The van der Waals surface area contributed by atoms with E-state index in [1.165, 1.54) is 31.4 Å². The van der Waals surface area contributed by atoms with Gasteiger partial charge in [0.25, 0.3) is 0 Å². The van der Waals surface area contributed by atoms with Crippen LogP contribution in [0.3, 0.4) is 0 Å². The summed E-state index contributed by atoms with van der Waals surface area (Å²) in [6, 6.07) is 0. The molecule has 0 amide bonds. The highest BCUT2D eigenvalue weighted by Gasteiger charge is 2.39. The molecule has 1 spiro atoms. The molecule has 5 heteroatoms. The molecule has 1 saturated carbocycles. The van der Waals surface area contributed by atoms with Crippen LogP contribution in [0, 0.1) is 6.92 Å². The molecule has 1 aliphatic carbocycles. The van der Waals surface area contributed by atoms with E-state index >= 15 is 0 Å². The van der Waals surface area contributed by atoms with E-state index in [0.29, 0.717) is 5.54 Å². The zero-order valence-electron chi connectivity index (χ0n) is 10.0. The Morgan fingerprint density at radius 2 is 2.29 bits per heavy atom. The molecule has 2 aliphatic rings. The molecular weight excluding hydrogens is 250 g/mol. The third-order valence-electron chi connectivity index (χ3n) is 3.47. The van der Waals surface area contributed by atoms with E-state index in [1.54, 1.807) is 11.3 Å². The highest BCUT2D eigenvalue weighted by atomic mass is 32.2. The molecule has 0 radical (unpaired) electrons. The Morgan fingerprint density at radius 3 is 3.00 bits per heavy atom. The van der Waals surface area contributed by atoms with E-state index in [0.717, 1.165) is 22.4 Å². The van der Waals surface area contributed by atoms with Gasteiger partial charge >= 0.3 is 0 Å². The van der Waals surface area contributed by atoms with Crippen LogP contribution < -0.4 is 5.32 Å². The van der Waals surface area contributed by atoms with E-state index in [2.05, 4.69) is 20.7 Å². The summed E-state index contributed by atoms with van der Waals surface area (Å²) in [6.07, 6.45) is 5.36. The number of rotatable bonds is 2. The lowest BCUT2D eigenvalue weighted by Gasteiger charge is -2.21. The quantitative estimate of drug-likeness (QED) is 0.895. The first-order valence-corrected chi connectivity index (χ1v) is 7.99. The van der Waals surface area contributed by atoms with Crippen molar-refractivity contribution in [3.8, 4) is 0 Å². The van der Waals surface area contributed by atoms with Crippen LogP contribution in [-0.2, 0) is 6.54 Å². The molecule has 0 aromatic carbocycles. The minimum Gasteiger partial charge on any atom is -0.359 e. The van der Waals surface area contributed by atoms with E-state index in [1.807, 2.05) is 18.7 Å². The summed E-state index contributed by atoms with van der Waals surface area (Å²) in [5, 5.41) is 7.98. The van der Waals surface area contributed by atoms with Gasteiger partial charge in [0.2, 0.25) is 0 Å². The molecule has 1 N–H and O–H groups in total. The van der Waals surface area contributed by atoms with Crippen LogP contribution >= 0.6 is 23.1 Å². The monoisotopic (exact) mass is 267 g/mol. The normalized spacial score (nSPS) is 24.6. The largest absolute Gasteiger partial charge is 0.359 e. The minimum atomic E-state index is 0.376. The Bertz CT molecular complexity index is 433. The van der Waals surface area contributed by atoms with Crippen LogP contribution in [0.2, 0.25) is 0 Å². The van der Waals surface area contributed by atoms with Crippen molar-refractivity contribution in [2.24, 2.45) is 4.99 Å². The van der Waals surface area contributed by atoms with Crippen molar-refractivity contribution < 1.29 is 0 Å². The molecule has 2 fully saturated rings. The molecule has 0 unspecified atom stereocenters. The van der Waals surface area contributed by atoms with Crippen LogP contribution in [-0.4, -0.2) is 21.4 Å². The highest BCUT2D eigenvalue weighted by Crippen LogP contribution is 2.37. The van der Waals surface area contributed by atoms with Crippen molar-refractivity contribution in [1.29, 1.82) is 0 Å². The van der Waals surface area contributed by atoms with Gasteiger partial charge in [-0.15, -0.1) is 11.3 Å². The van der Waals surface area contributed by atoms with Crippen LogP contribution in [0.15, 0.2) is 10.4 Å². The Hall–Kier alpha value is -0.550. The first-order chi connectivity index (χ1) is 8.26. The van der Waals surface area contributed by atoms with Crippen molar-refractivity contribution in [2.75, 3.05) is 5.75 Å². The summed E-state index contributed by atoms with van der Waals surface area (Å²) < 4.78 is 0. The van der Waals surface area contributed by atoms with Crippen molar-refractivity contribution in [3.05, 3.63) is 16.1 Å². The van der Waals surface area contributed by atoms with Gasteiger partial charge in [0, 0.05) is 16.7 Å². The van der Waals surface area contributed by atoms with Crippen molar-refractivity contribution >= 4 is 28.3 Å². The fraction of sp³-hybridized carbons (Fsp3) is 0.667. The van der Waals surface area contributed by atoms with Gasteiger partial charge in [-0.05, 0) is 19.8 Å². The van der Waals surface area contributed by atoms with Crippen LogP contribution in [0.5, 0.6) is 0 Å². The number of aryl methyl sites for hydroxylation is 1. The molecule has 0 atom stereocenters. The lowest BCUT2D eigenvalue weighted by Crippen LogP contribution is -2.40. The second-order valence-electron chi connectivity index (χ2n) is 4.88. The van der Waals surface area contributed by atoms with Gasteiger partial charge in [0.1, 0.15) is 0 Å². The number of amidine groups is 1.